The first-order valence-electron chi connectivity index (χ1n) is 6.87. The van der Waals surface area contributed by atoms with Crippen LogP contribution in [0.2, 0.25) is 0 Å². The molecule has 96 valence electrons. The van der Waals surface area contributed by atoms with Gasteiger partial charge < -0.3 is 4.90 Å². The number of nitriles is 1. The van der Waals surface area contributed by atoms with Crippen molar-refractivity contribution in [3.05, 3.63) is 11.3 Å². The topological polar surface area (TPSA) is 44.9 Å². The third-order valence-corrected chi connectivity index (χ3v) is 3.95. The summed E-state index contributed by atoms with van der Waals surface area (Å²) in [6.45, 7) is 4.13. The van der Waals surface area contributed by atoms with Gasteiger partial charge in [0.1, 0.15) is 17.5 Å². The van der Waals surface area contributed by atoms with Crippen LogP contribution in [0.5, 0.6) is 0 Å². The summed E-state index contributed by atoms with van der Waals surface area (Å²) in [6.07, 6.45) is 5.39. The molecule has 0 saturated heterocycles. The minimum Gasteiger partial charge on any atom is -0.355 e. The van der Waals surface area contributed by atoms with Crippen molar-refractivity contribution >= 4 is 5.82 Å². The zero-order valence-electron chi connectivity index (χ0n) is 11.2. The van der Waals surface area contributed by atoms with Gasteiger partial charge in [-0.1, -0.05) is 0 Å². The summed E-state index contributed by atoms with van der Waals surface area (Å²) < 4.78 is 1.89. The van der Waals surface area contributed by atoms with Gasteiger partial charge in [-0.05, 0) is 44.4 Å². The van der Waals surface area contributed by atoms with Crippen LogP contribution < -0.4 is 4.90 Å². The molecule has 0 bridgehead atoms. The van der Waals surface area contributed by atoms with E-state index in [1.54, 1.807) is 0 Å². The molecule has 3 rings (SSSR count). The Morgan fingerprint density at radius 3 is 2.28 bits per heavy atom. The summed E-state index contributed by atoms with van der Waals surface area (Å²) in [5, 5.41) is 13.7. The number of aromatic nitrogens is 2. The summed E-state index contributed by atoms with van der Waals surface area (Å²) in [6, 6.07) is 2.33. The minimum absolute atomic E-state index is 0.763. The molecule has 4 nitrogen and oxygen atoms in total. The third kappa shape index (κ3) is 2.22. The molecule has 0 unspecified atom stereocenters. The first kappa shape index (κ1) is 11.6. The van der Waals surface area contributed by atoms with E-state index in [1.165, 1.54) is 25.7 Å². The molecule has 2 fully saturated rings. The summed E-state index contributed by atoms with van der Waals surface area (Å²) in [5.74, 6) is 2.71. The van der Waals surface area contributed by atoms with Gasteiger partial charge in [0, 0.05) is 20.1 Å². The van der Waals surface area contributed by atoms with E-state index in [-0.39, 0.29) is 0 Å². The molecule has 1 aromatic rings. The Hall–Kier alpha value is -1.50. The number of aryl methyl sites for hydroxylation is 2. The van der Waals surface area contributed by atoms with E-state index in [4.69, 9.17) is 0 Å². The molecule has 2 aliphatic rings. The lowest BCUT2D eigenvalue weighted by Gasteiger charge is -2.25. The number of anilines is 1. The van der Waals surface area contributed by atoms with Crippen LogP contribution in [0.25, 0.3) is 0 Å². The highest BCUT2D eigenvalue weighted by molar-refractivity contribution is 5.57. The lowest BCUT2D eigenvalue weighted by molar-refractivity contribution is 0.639. The largest absolute Gasteiger partial charge is 0.355 e. The van der Waals surface area contributed by atoms with E-state index < -0.39 is 0 Å². The molecule has 0 spiro atoms. The van der Waals surface area contributed by atoms with Crippen LogP contribution in [0.4, 0.5) is 5.82 Å². The fourth-order valence-electron chi connectivity index (χ4n) is 2.61. The van der Waals surface area contributed by atoms with E-state index in [1.807, 2.05) is 18.7 Å². The average molecular weight is 244 g/mol. The fraction of sp³-hybridized carbons (Fsp3) is 0.714. The lowest BCUT2D eigenvalue weighted by atomic mass is 10.2. The van der Waals surface area contributed by atoms with E-state index >= 15 is 0 Å². The first-order valence-corrected chi connectivity index (χ1v) is 6.87. The highest BCUT2D eigenvalue weighted by atomic mass is 15.4. The molecule has 2 saturated carbocycles. The second-order valence-corrected chi connectivity index (χ2v) is 5.81. The number of hydrogen-bond acceptors (Lipinski definition) is 3. The molecule has 18 heavy (non-hydrogen) atoms. The Morgan fingerprint density at radius 2 is 1.83 bits per heavy atom. The highest BCUT2D eigenvalue weighted by Gasteiger charge is 2.32. The highest BCUT2D eigenvalue weighted by Crippen LogP contribution is 2.36. The van der Waals surface area contributed by atoms with Crippen LogP contribution in [0.3, 0.4) is 0 Å². The van der Waals surface area contributed by atoms with Crippen LogP contribution in [0.1, 0.15) is 36.9 Å². The molecule has 0 N–H and O–H groups in total. The van der Waals surface area contributed by atoms with Gasteiger partial charge in [-0.25, -0.2) is 0 Å². The molecule has 4 heteroatoms. The maximum Gasteiger partial charge on any atom is 0.144 e. The van der Waals surface area contributed by atoms with Gasteiger partial charge in [0.25, 0.3) is 0 Å². The van der Waals surface area contributed by atoms with E-state index in [2.05, 4.69) is 16.1 Å². The average Bonchev–Trinajstić information content (AvgIpc) is 3.20. The van der Waals surface area contributed by atoms with Crippen molar-refractivity contribution in [2.75, 3.05) is 18.0 Å². The summed E-state index contributed by atoms with van der Waals surface area (Å²) in [5.41, 5.74) is 1.62. The Morgan fingerprint density at radius 1 is 1.28 bits per heavy atom. The normalized spacial score (nSPS) is 18.7. The van der Waals surface area contributed by atoms with Crippen LogP contribution in [0.15, 0.2) is 0 Å². The Balaban J connectivity index is 1.89. The summed E-state index contributed by atoms with van der Waals surface area (Å²) >= 11 is 0. The van der Waals surface area contributed by atoms with Gasteiger partial charge >= 0.3 is 0 Å². The van der Waals surface area contributed by atoms with E-state index in [0.717, 1.165) is 42.0 Å². The lowest BCUT2D eigenvalue weighted by Crippen LogP contribution is -2.30. The molecule has 1 aromatic heterocycles. The predicted molar refractivity (Wildman–Crippen MR) is 70.3 cm³/mol. The van der Waals surface area contributed by atoms with Crippen molar-refractivity contribution in [1.82, 2.24) is 9.78 Å². The van der Waals surface area contributed by atoms with Crippen molar-refractivity contribution in [3.63, 3.8) is 0 Å². The van der Waals surface area contributed by atoms with Gasteiger partial charge in [-0.15, -0.1) is 0 Å². The number of rotatable bonds is 5. The quantitative estimate of drug-likeness (QED) is 0.798. The van der Waals surface area contributed by atoms with Crippen molar-refractivity contribution in [2.24, 2.45) is 18.9 Å². The summed E-state index contributed by atoms with van der Waals surface area (Å²) in [7, 11) is 1.95. The standard InChI is InChI=1S/C14H20N4/c1-10-13(7-15)14(17(2)16-10)18(8-11-3-4-11)9-12-5-6-12/h11-12H,3-6,8-9H2,1-2H3. The maximum absolute atomic E-state index is 9.33. The number of hydrogen-bond donors (Lipinski definition) is 0. The molecule has 1 heterocycles. The Bertz CT molecular complexity index is 475. The van der Waals surface area contributed by atoms with Crippen molar-refractivity contribution < 1.29 is 0 Å². The maximum atomic E-state index is 9.33. The van der Waals surface area contributed by atoms with E-state index in [9.17, 15) is 5.26 Å². The molecule has 0 aromatic carbocycles. The fourth-order valence-corrected chi connectivity index (χ4v) is 2.61. The zero-order valence-corrected chi connectivity index (χ0v) is 11.2. The monoisotopic (exact) mass is 244 g/mol. The van der Waals surface area contributed by atoms with E-state index in [0.29, 0.717) is 0 Å². The minimum atomic E-state index is 0.763. The van der Waals surface area contributed by atoms with Gasteiger partial charge in [0.2, 0.25) is 0 Å². The zero-order chi connectivity index (χ0) is 12.7. The van der Waals surface area contributed by atoms with Crippen molar-refractivity contribution in [2.45, 2.75) is 32.6 Å². The first-order chi connectivity index (χ1) is 8.69. The molecular weight excluding hydrogens is 224 g/mol. The SMILES string of the molecule is Cc1nn(C)c(N(CC2CC2)CC2CC2)c1C#N. The Labute approximate surface area is 108 Å². The van der Waals surface area contributed by atoms with Crippen LogP contribution in [0, 0.1) is 30.1 Å². The molecular formula is C14H20N4. The second kappa shape index (κ2) is 4.31. The molecule has 0 atom stereocenters. The van der Waals surface area contributed by atoms with Crippen LogP contribution in [-0.2, 0) is 7.05 Å². The Kier molecular flexibility index (Phi) is 2.77. The molecule has 0 amide bonds. The molecule has 2 aliphatic carbocycles. The number of nitrogens with zero attached hydrogens (tertiary/aromatic N) is 4. The van der Waals surface area contributed by atoms with Crippen molar-refractivity contribution in [1.29, 1.82) is 5.26 Å². The smallest absolute Gasteiger partial charge is 0.144 e. The third-order valence-electron chi connectivity index (χ3n) is 3.95. The molecule has 0 radical (unpaired) electrons. The van der Waals surface area contributed by atoms with Gasteiger partial charge in [0.05, 0.1) is 5.69 Å². The van der Waals surface area contributed by atoms with Crippen LogP contribution in [-0.4, -0.2) is 22.9 Å². The predicted octanol–water partition coefficient (Wildman–Crippen LogP) is 2.23. The van der Waals surface area contributed by atoms with Crippen molar-refractivity contribution in [3.8, 4) is 6.07 Å². The molecule has 0 aliphatic heterocycles. The summed E-state index contributed by atoms with van der Waals surface area (Å²) in [4.78, 5) is 2.41. The van der Waals surface area contributed by atoms with Gasteiger partial charge in [-0.3, -0.25) is 4.68 Å². The van der Waals surface area contributed by atoms with Gasteiger partial charge in [0.15, 0.2) is 0 Å². The second-order valence-electron chi connectivity index (χ2n) is 5.81. The van der Waals surface area contributed by atoms with Crippen LogP contribution >= 0.6 is 0 Å². The van der Waals surface area contributed by atoms with Gasteiger partial charge in [-0.2, -0.15) is 10.4 Å².